The summed E-state index contributed by atoms with van der Waals surface area (Å²) in [7, 11) is 0. The highest BCUT2D eigenvalue weighted by Crippen LogP contribution is 2.12. The number of piperazine rings is 1. The van der Waals surface area contributed by atoms with Crippen molar-refractivity contribution in [3.05, 3.63) is 35.8 Å². The second kappa shape index (κ2) is 7.95. The van der Waals surface area contributed by atoms with Crippen molar-refractivity contribution in [3.8, 4) is 0 Å². The van der Waals surface area contributed by atoms with E-state index in [2.05, 4.69) is 9.88 Å². The molecule has 0 spiro atoms. The average molecular weight is 346 g/mol. The number of aliphatic hydroxyl groups is 1. The highest BCUT2D eigenvalue weighted by Gasteiger charge is 2.25. The largest absolute Gasteiger partial charge is 0.389 e. The highest BCUT2D eigenvalue weighted by molar-refractivity contribution is 5.93. The molecule has 3 rings (SSSR count). The molecule has 1 N–H and O–H groups in total. The summed E-state index contributed by atoms with van der Waals surface area (Å²) < 4.78 is 7.18. The van der Waals surface area contributed by atoms with E-state index in [0.717, 1.165) is 24.4 Å². The number of imidazole rings is 1. The van der Waals surface area contributed by atoms with Gasteiger partial charge < -0.3 is 19.1 Å². The SMILES string of the molecule is CCOC[C@H](O)CN1CCN(C(=O)c2cn3c(C)cccc3n2)CC1. The minimum absolute atomic E-state index is 0.0300. The zero-order chi connectivity index (χ0) is 17.8. The van der Waals surface area contributed by atoms with Crippen molar-refractivity contribution in [1.29, 1.82) is 0 Å². The first-order chi connectivity index (χ1) is 12.1. The molecule has 2 aromatic rings. The number of carbonyl (C=O) groups is 1. The van der Waals surface area contributed by atoms with Crippen LogP contribution in [0.1, 0.15) is 23.1 Å². The smallest absolute Gasteiger partial charge is 0.274 e. The number of pyridine rings is 1. The van der Waals surface area contributed by atoms with Gasteiger partial charge in [0.2, 0.25) is 0 Å². The topological polar surface area (TPSA) is 70.3 Å². The van der Waals surface area contributed by atoms with Gasteiger partial charge in [-0.3, -0.25) is 9.69 Å². The third-order valence-corrected chi connectivity index (χ3v) is 4.56. The van der Waals surface area contributed by atoms with Gasteiger partial charge >= 0.3 is 0 Å². The van der Waals surface area contributed by atoms with Crippen molar-refractivity contribution in [1.82, 2.24) is 19.2 Å². The molecule has 7 heteroatoms. The summed E-state index contributed by atoms with van der Waals surface area (Å²) in [6, 6.07) is 5.84. The molecular formula is C18H26N4O3. The van der Waals surface area contributed by atoms with E-state index in [1.165, 1.54) is 0 Å². The van der Waals surface area contributed by atoms with E-state index in [0.29, 0.717) is 38.5 Å². The molecule has 1 aliphatic rings. The molecule has 0 bridgehead atoms. The van der Waals surface area contributed by atoms with Crippen LogP contribution in [0.25, 0.3) is 5.65 Å². The Labute approximate surface area is 147 Å². The summed E-state index contributed by atoms with van der Waals surface area (Å²) in [4.78, 5) is 21.2. The zero-order valence-electron chi connectivity index (χ0n) is 14.9. The molecule has 1 saturated heterocycles. The van der Waals surface area contributed by atoms with Crippen molar-refractivity contribution in [2.75, 3.05) is 45.9 Å². The summed E-state index contributed by atoms with van der Waals surface area (Å²) in [5.74, 6) is -0.0300. The minimum atomic E-state index is -0.483. The molecule has 7 nitrogen and oxygen atoms in total. The fraction of sp³-hybridized carbons (Fsp3) is 0.556. The zero-order valence-corrected chi connectivity index (χ0v) is 14.9. The molecule has 1 aliphatic heterocycles. The van der Waals surface area contributed by atoms with Crippen molar-refractivity contribution < 1.29 is 14.6 Å². The summed E-state index contributed by atoms with van der Waals surface area (Å²) in [6.45, 7) is 8.25. The first kappa shape index (κ1) is 17.8. The van der Waals surface area contributed by atoms with E-state index >= 15 is 0 Å². The maximum atomic E-state index is 12.7. The number of fused-ring (bicyclic) bond motifs is 1. The number of amides is 1. The molecule has 136 valence electrons. The number of ether oxygens (including phenoxy) is 1. The number of nitrogens with zero attached hydrogens (tertiary/aromatic N) is 4. The van der Waals surface area contributed by atoms with E-state index < -0.39 is 6.10 Å². The normalized spacial score (nSPS) is 17.2. The number of β-amino-alcohol motifs (C(OH)–C–C–N with tert-alkyl or cyclic N) is 1. The number of rotatable bonds is 6. The molecule has 25 heavy (non-hydrogen) atoms. The predicted molar refractivity (Wildman–Crippen MR) is 94.8 cm³/mol. The van der Waals surface area contributed by atoms with Crippen molar-refractivity contribution in [3.63, 3.8) is 0 Å². The van der Waals surface area contributed by atoms with E-state index in [4.69, 9.17) is 4.74 Å². The van der Waals surface area contributed by atoms with Crippen LogP contribution in [0.4, 0.5) is 0 Å². The van der Waals surface area contributed by atoms with Gasteiger partial charge in [-0.2, -0.15) is 0 Å². The molecule has 0 aromatic carbocycles. The van der Waals surface area contributed by atoms with Crippen molar-refractivity contribution in [2.45, 2.75) is 20.0 Å². The number of aromatic nitrogens is 2. The monoisotopic (exact) mass is 346 g/mol. The van der Waals surface area contributed by atoms with E-state index in [-0.39, 0.29) is 5.91 Å². The van der Waals surface area contributed by atoms with Gasteiger partial charge in [0.05, 0.1) is 12.7 Å². The lowest BCUT2D eigenvalue weighted by Crippen LogP contribution is -2.50. The molecule has 0 aliphatic carbocycles. The first-order valence-electron chi connectivity index (χ1n) is 8.80. The van der Waals surface area contributed by atoms with Gasteiger partial charge in [-0.1, -0.05) is 6.07 Å². The summed E-state index contributed by atoms with van der Waals surface area (Å²) >= 11 is 0. The van der Waals surface area contributed by atoms with Gasteiger partial charge in [0.15, 0.2) is 0 Å². The fourth-order valence-corrected chi connectivity index (χ4v) is 3.15. The van der Waals surface area contributed by atoms with E-state index in [9.17, 15) is 9.90 Å². The van der Waals surface area contributed by atoms with Crippen LogP contribution in [0.3, 0.4) is 0 Å². The second-order valence-corrected chi connectivity index (χ2v) is 6.43. The Balaban J connectivity index is 1.56. The lowest BCUT2D eigenvalue weighted by atomic mass is 10.2. The van der Waals surface area contributed by atoms with Gasteiger partial charge in [0.25, 0.3) is 5.91 Å². The van der Waals surface area contributed by atoms with Crippen LogP contribution < -0.4 is 0 Å². The Morgan fingerprint density at radius 1 is 1.32 bits per heavy atom. The molecular weight excluding hydrogens is 320 g/mol. The molecule has 0 saturated carbocycles. The van der Waals surface area contributed by atoms with Gasteiger partial charge in [-0.25, -0.2) is 4.98 Å². The molecule has 1 atom stereocenters. The van der Waals surface area contributed by atoms with Crippen LogP contribution >= 0.6 is 0 Å². The number of aliphatic hydroxyl groups excluding tert-OH is 1. The molecule has 1 fully saturated rings. The molecule has 0 radical (unpaired) electrons. The summed E-state index contributed by atoms with van der Waals surface area (Å²) in [5.41, 5.74) is 2.33. The second-order valence-electron chi connectivity index (χ2n) is 6.43. The van der Waals surface area contributed by atoms with Crippen LogP contribution in [0.15, 0.2) is 24.4 Å². The highest BCUT2D eigenvalue weighted by atomic mass is 16.5. The van der Waals surface area contributed by atoms with Crippen LogP contribution in [0.2, 0.25) is 0 Å². The Morgan fingerprint density at radius 2 is 2.08 bits per heavy atom. The van der Waals surface area contributed by atoms with Crippen LogP contribution in [0.5, 0.6) is 0 Å². The Bertz CT molecular complexity index is 722. The third kappa shape index (κ3) is 4.18. The molecule has 1 amide bonds. The third-order valence-electron chi connectivity index (χ3n) is 4.56. The van der Waals surface area contributed by atoms with E-state index in [1.807, 2.05) is 47.5 Å². The summed E-state index contributed by atoms with van der Waals surface area (Å²) in [6.07, 6.45) is 1.33. The van der Waals surface area contributed by atoms with Gasteiger partial charge in [0, 0.05) is 51.2 Å². The minimum Gasteiger partial charge on any atom is -0.389 e. The van der Waals surface area contributed by atoms with Crippen LogP contribution in [-0.2, 0) is 4.74 Å². The maximum Gasteiger partial charge on any atom is 0.274 e. The Morgan fingerprint density at radius 3 is 2.76 bits per heavy atom. The molecule has 3 heterocycles. The van der Waals surface area contributed by atoms with Crippen LogP contribution in [0, 0.1) is 6.92 Å². The van der Waals surface area contributed by atoms with Crippen molar-refractivity contribution in [2.24, 2.45) is 0 Å². The van der Waals surface area contributed by atoms with Crippen LogP contribution in [-0.4, -0.2) is 82.2 Å². The van der Waals surface area contributed by atoms with Gasteiger partial charge in [-0.05, 0) is 26.0 Å². The number of hydrogen-bond donors (Lipinski definition) is 1. The Hall–Kier alpha value is -1.96. The molecule has 2 aromatic heterocycles. The Kier molecular flexibility index (Phi) is 5.67. The average Bonchev–Trinajstić information content (AvgIpc) is 3.06. The van der Waals surface area contributed by atoms with E-state index in [1.54, 1.807) is 0 Å². The standard InChI is InChI=1S/C18H26N4O3/c1-3-25-13-15(23)11-20-7-9-21(10-8-20)18(24)16-12-22-14(2)5-4-6-17(22)19-16/h4-6,12,15,23H,3,7-11,13H2,1-2H3/t15-/m1/s1. The van der Waals surface area contributed by atoms with Gasteiger partial charge in [-0.15, -0.1) is 0 Å². The lowest BCUT2D eigenvalue weighted by Gasteiger charge is -2.35. The maximum absolute atomic E-state index is 12.7. The number of aryl methyl sites for hydroxylation is 1. The van der Waals surface area contributed by atoms with Gasteiger partial charge in [0.1, 0.15) is 11.3 Å². The number of carbonyl (C=O) groups excluding carboxylic acids is 1. The number of hydrogen-bond acceptors (Lipinski definition) is 5. The molecule has 0 unspecified atom stereocenters. The predicted octanol–water partition coefficient (Wildman–Crippen LogP) is 0.798. The van der Waals surface area contributed by atoms with Crippen molar-refractivity contribution >= 4 is 11.6 Å². The lowest BCUT2D eigenvalue weighted by molar-refractivity contribution is 0.0110. The first-order valence-corrected chi connectivity index (χ1v) is 8.80. The fourth-order valence-electron chi connectivity index (χ4n) is 3.15. The summed E-state index contributed by atoms with van der Waals surface area (Å²) in [5, 5.41) is 9.93. The quantitative estimate of drug-likeness (QED) is 0.838.